The van der Waals surface area contributed by atoms with E-state index >= 15 is 0 Å². The predicted octanol–water partition coefficient (Wildman–Crippen LogP) is 3.02. The third kappa shape index (κ3) is 2.01. The van der Waals surface area contributed by atoms with Crippen LogP contribution in [0.5, 0.6) is 0 Å². The van der Waals surface area contributed by atoms with Gasteiger partial charge in [-0.15, -0.1) is 0 Å². The summed E-state index contributed by atoms with van der Waals surface area (Å²) in [5.41, 5.74) is 5.16. The number of hydrogen-bond acceptors (Lipinski definition) is 6. The highest BCUT2D eigenvalue weighted by molar-refractivity contribution is 6.50. The standard InChI is InChI=1S/C28H21N3O4/c1-15-8-7-9-16(14-15)31-25(33)27-21-17-10-3-5-12-19(17)22(20-13-6-4-11-18(20)21)28(27,26(31)34)30-29-23(27)24(32)35-2/h3-14,21-22,30H,1-2H3. The number of nitrogens with one attached hydrogen (secondary N) is 1. The molecule has 2 heterocycles. The van der Waals surface area contributed by atoms with Gasteiger partial charge < -0.3 is 4.74 Å². The van der Waals surface area contributed by atoms with Gasteiger partial charge >= 0.3 is 5.97 Å². The first-order valence-electron chi connectivity index (χ1n) is 11.6. The number of hydrogen-bond donors (Lipinski definition) is 1. The lowest BCUT2D eigenvalue weighted by Gasteiger charge is -2.55. The van der Waals surface area contributed by atoms with Gasteiger partial charge in [0.05, 0.1) is 12.8 Å². The average Bonchev–Trinajstić information content (AvgIpc) is 3.35. The number of benzene rings is 3. The minimum atomic E-state index is -1.58. The number of anilines is 1. The van der Waals surface area contributed by atoms with Crippen LogP contribution in [0.25, 0.3) is 0 Å². The first-order valence-corrected chi connectivity index (χ1v) is 11.6. The molecular weight excluding hydrogens is 442 g/mol. The molecule has 0 radical (unpaired) electrons. The number of carbonyl (C=O) groups excluding carboxylic acids is 3. The first kappa shape index (κ1) is 20.1. The lowest BCUT2D eigenvalue weighted by Crippen LogP contribution is -2.69. The van der Waals surface area contributed by atoms with E-state index in [4.69, 9.17) is 4.74 Å². The minimum Gasteiger partial charge on any atom is -0.464 e. The van der Waals surface area contributed by atoms with E-state index in [0.717, 1.165) is 27.8 Å². The number of ether oxygens (including phenoxy) is 1. The van der Waals surface area contributed by atoms with Crippen LogP contribution in [-0.2, 0) is 19.1 Å². The van der Waals surface area contributed by atoms with Crippen molar-refractivity contribution in [2.75, 3.05) is 12.0 Å². The Kier molecular flexibility index (Phi) is 3.71. The molecule has 7 heteroatoms. The molecule has 5 aliphatic rings. The van der Waals surface area contributed by atoms with Crippen LogP contribution in [0, 0.1) is 12.3 Å². The molecule has 8 rings (SSSR count). The van der Waals surface area contributed by atoms with Gasteiger partial charge in [0.2, 0.25) is 0 Å². The summed E-state index contributed by atoms with van der Waals surface area (Å²) in [5, 5.41) is 4.39. The fourth-order valence-corrected chi connectivity index (χ4v) is 6.99. The summed E-state index contributed by atoms with van der Waals surface area (Å²) in [7, 11) is 1.27. The molecule has 2 unspecified atom stereocenters. The third-order valence-electron chi connectivity index (χ3n) is 8.16. The maximum Gasteiger partial charge on any atom is 0.355 e. The van der Waals surface area contributed by atoms with Crippen molar-refractivity contribution >= 4 is 29.2 Å². The Morgan fingerprint density at radius 2 is 1.49 bits per heavy atom. The van der Waals surface area contributed by atoms with Crippen LogP contribution in [0.4, 0.5) is 5.69 Å². The van der Waals surface area contributed by atoms with Gasteiger partial charge in [-0.1, -0.05) is 60.7 Å². The topological polar surface area (TPSA) is 88.1 Å². The van der Waals surface area contributed by atoms with Crippen molar-refractivity contribution in [1.29, 1.82) is 0 Å². The van der Waals surface area contributed by atoms with E-state index < -0.39 is 40.6 Å². The molecule has 1 N–H and O–H groups in total. The molecule has 0 spiro atoms. The Labute approximate surface area is 201 Å². The number of rotatable bonds is 2. The summed E-state index contributed by atoms with van der Waals surface area (Å²) >= 11 is 0. The fourth-order valence-electron chi connectivity index (χ4n) is 6.99. The predicted molar refractivity (Wildman–Crippen MR) is 128 cm³/mol. The Hall–Kier alpha value is -4.26. The largest absolute Gasteiger partial charge is 0.464 e. The van der Waals surface area contributed by atoms with Gasteiger partial charge in [-0.3, -0.25) is 15.0 Å². The molecular formula is C28H21N3O4. The molecule has 35 heavy (non-hydrogen) atoms. The van der Waals surface area contributed by atoms with Crippen molar-refractivity contribution in [3.63, 3.8) is 0 Å². The van der Waals surface area contributed by atoms with Crippen LogP contribution in [0.1, 0.15) is 39.7 Å². The number of esters is 1. The zero-order valence-corrected chi connectivity index (χ0v) is 19.1. The summed E-state index contributed by atoms with van der Waals surface area (Å²) in [6.45, 7) is 1.91. The summed E-state index contributed by atoms with van der Waals surface area (Å²) in [6, 6.07) is 23.0. The average molecular weight is 463 g/mol. The highest BCUT2D eigenvalue weighted by Gasteiger charge is 2.85. The van der Waals surface area contributed by atoms with Crippen molar-refractivity contribution in [3.8, 4) is 0 Å². The molecule has 172 valence electrons. The number of amides is 2. The molecule has 0 saturated carbocycles. The zero-order chi connectivity index (χ0) is 24.1. The lowest BCUT2D eigenvalue weighted by atomic mass is 9.43. The van der Waals surface area contributed by atoms with E-state index in [1.165, 1.54) is 12.0 Å². The fraction of sp³-hybridized carbons (Fsp3) is 0.214. The summed E-state index contributed by atoms with van der Waals surface area (Å²) < 4.78 is 5.12. The Bertz CT molecular complexity index is 1480. The normalized spacial score (nSPS) is 29.1. The molecule has 1 saturated heterocycles. The summed E-state index contributed by atoms with van der Waals surface area (Å²) in [6.07, 6.45) is 0. The molecule has 1 fully saturated rings. The maximum absolute atomic E-state index is 14.7. The molecule has 3 aromatic carbocycles. The second kappa shape index (κ2) is 6.44. The summed E-state index contributed by atoms with van der Waals surface area (Å²) in [5.74, 6) is -2.68. The van der Waals surface area contributed by atoms with Gasteiger partial charge in [-0.05, 0) is 46.9 Å². The smallest absolute Gasteiger partial charge is 0.355 e. The highest BCUT2D eigenvalue weighted by atomic mass is 16.5. The van der Waals surface area contributed by atoms with Crippen LogP contribution >= 0.6 is 0 Å². The van der Waals surface area contributed by atoms with E-state index in [1.807, 2.05) is 73.7 Å². The molecule has 7 nitrogen and oxygen atoms in total. The molecule has 2 aliphatic heterocycles. The van der Waals surface area contributed by atoms with Gasteiger partial charge in [0, 0.05) is 11.8 Å². The lowest BCUT2D eigenvalue weighted by molar-refractivity contribution is -0.135. The van der Waals surface area contributed by atoms with Crippen molar-refractivity contribution in [2.24, 2.45) is 10.5 Å². The first-order chi connectivity index (χ1) is 17.0. The van der Waals surface area contributed by atoms with Crippen LogP contribution in [-0.4, -0.2) is 36.1 Å². The third-order valence-corrected chi connectivity index (χ3v) is 8.16. The van der Waals surface area contributed by atoms with Crippen LogP contribution in [0.15, 0.2) is 77.9 Å². The van der Waals surface area contributed by atoms with E-state index in [2.05, 4.69) is 10.5 Å². The van der Waals surface area contributed by atoms with Crippen molar-refractivity contribution in [3.05, 3.63) is 101 Å². The molecule has 3 aliphatic carbocycles. The van der Waals surface area contributed by atoms with Crippen LogP contribution < -0.4 is 10.3 Å². The van der Waals surface area contributed by atoms with Gasteiger partial charge in [0.25, 0.3) is 11.8 Å². The zero-order valence-electron chi connectivity index (χ0n) is 19.1. The quantitative estimate of drug-likeness (QED) is 0.466. The minimum absolute atomic E-state index is 0.0486. The van der Waals surface area contributed by atoms with E-state index in [-0.39, 0.29) is 5.71 Å². The van der Waals surface area contributed by atoms with Crippen molar-refractivity contribution < 1.29 is 19.1 Å². The second-order valence-corrected chi connectivity index (χ2v) is 9.59. The SMILES string of the molecule is COC(=O)C1=NNC23C(=O)N(c4cccc(C)c4)C(=O)C12C1c2ccccc2C3c2ccccc21. The van der Waals surface area contributed by atoms with E-state index in [9.17, 15) is 14.4 Å². The van der Waals surface area contributed by atoms with E-state index in [0.29, 0.717) is 5.69 Å². The second-order valence-electron chi connectivity index (χ2n) is 9.59. The van der Waals surface area contributed by atoms with Crippen molar-refractivity contribution in [1.82, 2.24) is 5.43 Å². The van der Waals surface area contributed by atoms with Crippen LogP contribution in [0.3, 0.4) is 0 Å². The Morgan fingerprint density at radius 1 is 0.886 bits per heavy atom. The van der Waals surface area contributed by atoms with Gasteiger partial charge in [-0.25, -0.2) is 9.69 Å². The molecule has 2 atom stereocenters. The van der Waals surface area contributed by atoms with Crippen LogP contribution in [0.2, 0.25) is 0 Å². The van der Waals surface area contributed by atoms with Crippen molar-refractivity contribution in [2.45, 2.75) is 24.3 Å². The number of imide groups is 1. The van der Waals surface area contributed by atoms with Gasteiger partial charge in [0.1, 0.15) is 5.41 Å². The molecule has 3 aromatic rings. The molecule has 2 bridgehead atoms. The summed E-state index contributed by atoms with van der Waals surface area (Å²) in [4.78, 5) is 43.6. The molecule has 0 aromatic heterocycles. The van der Waals surface area contributed by atoms with E-state index in [1.54, 1.807) is 6.07 Å². The number of methoxy groups -OCH3 is 1. The highest BCUT2D eigenvalue weighted by Crippen LogP contribution is 2.70. The molecule has 2 amide bonds. The monoisotopic (exact) mass is 463 g/mol. The number of carbonyl (C=O) groups is 3. The number of nitrogens with zero attached hydrogens (tertiary/aromatic N) is 2. The number of hydrazone groups is 1. The Balaban J connectivity index is 1.61. The van der Waals surface area contributed by atoms with Gasteiger partial charge in [0.15, 0.2) is 11.3 Å². The number of aryl methyl sites for hydroxylation is 1. The maximum atomic E-state index is 14.7. The van der Waals surface area contributed by atoms with Gasteiger partial charge in [-0.2, -0.15) is 5.10 Å². The Morgan fingerprint density at radius 3 is 2.06 bits per heavy atom.